The Labute approximate surface area is 96.3 Å². The van der Waals surface area contributed by atoms with Gasteiger partial charge in [-0.1, -0.05) is 32.8 Å². The third-order valence-electron chi connectivity index (χ3n) is 2.82. The lowest BCUT2D eigenvalue weighted by Gasteiger charge is -2.20. The van der Waals surface area contributed by atoms with Gasteiger partial charge in [-0.25, -0.2) is 0 Å². The van der Waals surface area contributed by atoms with Crippen molar-refractivity contribution in [1.29, 1.82) is 0 Å². The van der Waals surface area contributed by atoms with E-state index in [2.05, 4.69) is 42.5 Å². The van der Waals surface area contributed by atoms with E-state index in [0.717, 1.165) is 11.8 Å². The molecule has 0 spiro atoms. The molecule has 0 fully saturated rings. The van der Waals surface area contributed by atoms with Crippen molar-refractivity contribution in [1.82, 2.24) is 0 Å². The van der Waals surface area contributed by atoms with Gasteiger partial charge in [0.1, 0.15) is 0 Å². The van der Waals surface area contributed by atoms with Crippen molar-refractivity contribution in [3.05, 3.63) is 9.66 Å². The largest absolute Gasteiger partial charge is 0.0749 e. The molecule has 13 heavy (non-hydrogen) atoms. The maximum absolute atomic E-state index is 2.54. The lowest BCUT2D eigenvalue weighted by atomic mass is 9.90. The Kier molecular flexibility index (Phi) is 5.37. The minimum atomic E-state index is 0.880. The summed E-state index contributed by atoms with van der Waals surface area (Å²) in [4.78, 5) is 0. The van der Waals surface area contributed by atoms with Crippen LogP contribution in [0, 0.1) is 11.8 Å². The number of rotatable bonds is 4. The van der Waals surface area contributed by atoms with Crippen molar-refractivity contribution in [3.63, 3.8) is 0 Å². The lowest BCUT2D eigenvalue weighted by molar-refractivity contribution is 0.447. The number of hydrogen-bond donors (Lipinski definition) is 0. The van der Waals surface area contributed by atoms with E-state index < -0.39 is 0 Å². The first-order valence-corrected chi connectivity index (χ1v) is 6.63. The van der Waals surface area contributed by atoms with Gasteiger partial charge >= 0.3 is 0 Å². The summed E-state index contributed by atoms with van der Waals surface area (Å²) in [6.45, 7) is 4.64. The van der Waals surface area contributed by atoms with E-state index in [1.165, 1.54) is 38.5 Å². The zero-order chi connectivity index (χ0) is 9.68. The Morgan fingerprint density at radius 1 is 1.54 bits per heavy atom. The molecule has 0 heterocycles. The zero-order valence-corrected chi connectivity index (χ0v) is 11.0. The Morgan fingerprint density at radius 3 is 2.92 bits per heavy atom. The molecule has 0 bridgehead atoms. The fourth-order valence-electron chi connectivity index (χ4n) is 1.96. The summed E-state index contributed by atoms with van der Waals surface area (Å²) in [5.74, 6) is 1.79. The maximum atomic E-state index is 2.54. The number of allylic oxidation sites excluding steroid dienone is 2. The van der Waals surface area contributed by atoms with Gasteiger partial charge in [0, 0.05) is 0 Å². The molecule has 0 nitrogen and oxygen atoms in total. The van der Waals surface area contributed by atoms with Gasteiger partial charge in [-0.05, 0) is 63.7 Å². The van der Waals surface area contributed by atoms with Crippen LogP contribution in [-0.2, 0) is 0 Å². The first-order chi connectivity index (χ1) is 6.20. The van der Waals surface area contributed by atoms with E-state index in [1.54, 1.807) is 3.58 Å². The normalized spacial score (nSPS) is 23.4. The van der Waals surface area contributed by atoms with Crippen molar-refractivity contribution in [2.45, 2.75) is 52.4 Å². The summed E-state index contributed by atoms with van der Waals surface area (Å²) in [6.07, 6.45) is 10.9. The molecular formula is C12H21I. The Balaban J connectivity index is 2.20. The summed E-state index contributed by atoms with van der Waals surface area (Å²) in [5.41, 5.74) is 0. The van der Waals surface area contributed by atoms with E-state index in [1.807, 2.05) is 0 Å². The van der Waals surface area contributed by atoms with Crippen LogP contribution in [0.3, 0.4) is 0 Å². The predicted molar refractivity (Wildman–Crippen MR) is 68.1 cm³/mol. The van der Waals surface area contributed by atoms with E-state index in [0.29, 0.717) is 0 Å². The van der Waals surface area contributed by atoms with Gasteiger partial charge in [0.2, 0.25) is 0 Å². The third-order valence-corrected chi connectivity index (χ3v) is 4.14. The van der Waals surface area contributed by atoms with Crippen molar-refractivity contribution in [2.24, 2.45) is 11.8 Å². The summed E-state index contributed by atoms with van der Waals surface area (Å²) >= 11 is 2.54. The Hall–Kier alpha value is 0.470. The highest BCUT2D eigenvalue weighted by molar-refractivity contribution is 14.1. The van der Waals surface area contributed by atoms with Crippen LogP contribution in [0.15, 0.2) is 9.66 Å². The number of halogens is 1. The predicted octanol–water partition coefficient (Wildman–Crippen LogP) is 4.93. The standard InChI is InChI=1S/C12H21I/c1-10(2)6-5-8-11-7-3-4-9-12(11)13/h9-11H,3-8H2,1-2H3/t11-/m1/s1. The van der Waals surface area contributed by atoms with Crippen LogP contribution in [0.5, 0.6) is 0 Å². The van der Waals surface area contributed by atoms with E-state index in [-0.39, 0.29) is 0 Å². The smallest absolute Gasteiger partial charge is 0.0103 e. The number of hydrogen-bond acceptors (Lipinski definition) is 0. The molecule has 1 aliphatic rings. The fraction of sp³-hybridized carbons (Fsp3) is 0.833. The molecule has 0 saturated heterocycles. The van der Waals surface area contributed by atoms with Gasteiger partial charge in [-0.2, -0.15) is 0 Å². The van der Waals surface area contributed by atoms with Crippen molar-refractivity contribution < 1.29 is 0 Å². The lowest BCUT2D eigenvalue weighted by Crippen LogP contribution is -2.05. The van der Waals surface area contributed by atoms with Gasteiger partial charge in [-0.15, -0.1) is 0 Å². The van der Waals surface area contributed by atoms with Gasteiger partial charge in [0.15, 0.2) is 0 Å². The molecule has 1 atom stereocenters. The van der Waals surface area contributed by atoms with Crippen LogP contribution in [0.1, 0.15) is 52.4 Å². The zero-order valence-electron chi connectivity index (χ0n) is 8.85. The monoisotopic (exact) mass is 292 g/mol. The van der Waals surface area contributed by atoms with Gasteiger partial charge in [0.25, 0.3) is 0 Å². The minimum Gasteiger partial charge on any atom is -0.0749 e. The summed E-state index contributed by atoms with van der Waals surface area (Å²) in [5, 5.41) is 0. The highest BCUT2D eigenvalue weighted by Crippen LogP contribution is 2.33. The maximum Gasteiger partial charge on any atom is -0.0103 e. The van der Waals surface area contributed by atoms with Crippen LogP contribution in [0.25, 0.3) is 0 Å². The molecule has 0 aromatic heterocycles. The minimum absolute atomic E-state index is 0.880. The summed E-state index contributed by atoms with van der Waals surface area (Å²) in [6, 6.07) is 0. The molecule has 1 aliphatic carbocycles. The molecule has 1 heteroatoms. The molecule has 0 aromatic carbocycles. The molecular weight excluding hydrogens is 271 g/mol. The van der Waals surface area contributed by atoms with Crippen LogP contribution in [0.4, 0.5) is 0 Å². The first kappa shape index (κ1) is 11.5. The Bertz CT molecular complexity index is 170. The van der Waals surface area contributed by atoms with Crippen LogP contribution < -0.4 is 0 Å². The second-order valence-electron chi connectivity index (χ2n) is 4.54. The second kappa shape index (κ2) is 6.05. The van der Waals surface area contributed by atoms with Gasteiger partial charge in [0.05, 0.1) is 0 Å². The second-order valence-corrected chi connectivity index (χ2v) is 5.79. The quantitative estimate of drug-likeness (QED) is 0.644. The highest BCUT2D eigenvalue weighted by Gasteiger charge is 2.14. The molecule has 0 saturated carbocycles. The summed E-state index contributed by atoms with van der Waals surface area (Å²) in [7, 11) is 0. The van der Waals surface area contributed by atoms with E-state index in [4.69, 9.17) is 0 Å². The molecule has 0 aromatic rings. The fourth-order valence-corrected chi connectivity index (χ4v) is 2.90. The third kappa shape index (κ3) is 4.48. The van der Waals surface area contributed by atoms with Crippen molar-refractivity contribution in [3.8, 4) is 0 Å². The van der Waals surface area contributed by atoms with Crippen molar-refractivity contribution in [2.75, 3.05) is 0 Å². The van der Waals surface area contributed by atoms with Gasteiger partial charge in [-0.3, -0.25) is 0 Å². The highest BCUT2D eigenvalue weighted by atomic mass is 127. The molecule has 0 unspecified atom stereocenters. The Morgan fingerprint density at radius 2 is 2.31 bits per heavy atom. The average molecular weight is 292 g/mol. The molecule has 76 valence electrons. The van der Waals surface area contributed by atoms with E-state index in [9.17, 15) is 0 Å². The van der Waals surface area contributed by atoms with Crippen LogP contribution >= 0.6 is 22.6 Å². The molecule has 1 rings (SSSR count). The molecule has 0 aliphatic heterocycles. The molecule has 0 amide bonds. The molecule has 0 N–H and O–H groups in total. The van der Waals surface area contributed by atoms with Crippen LogP contribution in [0.2, 0.25) is 0 Å². The van der Waals surface area contributed by atoms with Crippen molar-refractivity contribution >= 4 is 22.6 Å². The topological polar surface area (TPSA) is 0 Å². The van der Waals surface area contributed by atoms with Gasteiger partial charge < -0.3 is 0 Å². The van der Waals surface area contributed by atoms with E-state index >= 15 is 0 Å². The van der Waals surface area contributed by atoms with Crippen LogP contribution in [-0.4, -0.2) is 0 Å². The summed E-state index contributed by atoms with van der Waals surface area (Å²) < 4.78 is 1.63. The average Bonchev–Trinajstić information content (AvgIpc) is 2.08. The first-order valence-electron chi connectivity index (χ1n) is 5.55. The molecule has 0 radical (unpaired) electrons. The SMILES string of the molecule is CC(C)CCC[C@H]1CCCC=C1I.